The SMILES string of the molecule is O=C(CCn1ccnc1)NCc1cnn(Cc2ccccc2)c1. The molecule has 0 radical (unpaired) electrons. The van der Waals surface area contributed by atoms with Crippen molar-refractivity contribution in [3.63, 3.8) is 0 Å². The fourth-order valence-corrected chi connectivity index (χ4v) is 2.29. The van der Waals surface area contributed by atoms with Gasteiger partial charge in [-0.1, -0.05) is 30.3 Å². The molecule has 6 nitrogen and oxygen atoms in total. The first-order valence-corrected chi connectivity index (χ1v) is 7.57. The van der Waals surface area contributed by atoms with Crippen LogP contribution >= 0.6 is 0 Å². The van der Waals surface area contributed by atoms with Gasteiger partial charge in [0, 0.05) is 43.7 Å². The van der Waals surface area contributed by atoms with Gasteiger partial charge in [-0.2, -0.15) is 5.10 Å². The molecule has 1 aromatic carbocycles. The highest BCUT2D eigenvalue weighted by Gasteiger charge is 2.04. The Hall–Kier alpha value is -2.89. The summed E-state index contributed by atoms with van der Waals surface area (Å²) in [5.41, 5.74) is 2.20. The van der Waals surface area contributed by atoms with E-state index < -0.39 is 0 Å². The molecule has 0 aliphatic rings. The number of carbonyl (C=O) groups is 1. The molecule has 6 heteroatoms. The molecular formula is C17H19N5O. The van der Waals surface area contributed by atoms with Crippen molar-refractivity contribution in [2.24, 2.45) is 0 Å². The second-order valence-electron chi connectivity index (χ2n) is 5.36. The van der Waals surface area contributed by atoms with Crippen molar-refractivity contribution in [1.82, 2.24) is 24.6 Å². The Morgan fingerprint density at radius 2 is 2.04 bits per heavy atom. The number of amides is 1. The molecule has 0 bridgehead atoms. The smallest absolute Gasteiger partial charge is 0.222 e. The van der Waals surface area contributed by atoms with Crippen LogP contribution in [-0.4, -0.2) is 25.2 Å². The van der Waals surface area contributed by atoms with Gasteiger partial charge in [0.15, 0.2) is 0 Å². The maximum atomic E-state index is 11.8. The molecule has 3 aromatic rings. The van der Waals surface area contributed by atoms with E-state index in [0.717, 1.165) is 12.1 Å². The van der Waals surface area contributed by atoms with E-state index in [1.54, 1.807) is 18.7 Å². The fraction of sp³-hybridized carbons (Fsp3) is 0.235. The Kier molecular flexibility index (Phi) is 4.83. The molecule has 1 amide bonds. The lowest BCUT2D eigenvalue weighted by Crippen LogP contribution is -2.23. The minimum atomic E-state index is 0.0227. The van der Waals surface area contributed by atoms with Gasteiger partial charge in [-0.15, -0.1) is 0 Å². The van der Waals surface area contributed by atoms with E-state index in [2.05, 4.69) is 27.5 Å². The average Bonchev–Trinajstić information content (AvgIpc) is 3.24. The zero-order valence-electron chi connectivity index (χ0n) is 12.8. The summed E-state index contributed by atoms with van der Waals surface area (Å²) in [5.74, 6) is 0.0227. The van der Waals surface area contributed by atoms with Crippen LogP contribution in [0.4, 0.5) is 0 Å². The van der Waals surface area contributed by atoms with Gasteiger partial charge >= 0.3 is 0 Å². The van der Waals surface area contributed by atoms with Crippen molar-refractivity contribution in [3.05, 3.63) is 72.6 Å². The molecule has 0 saturated heterocycles. The van der Waals surface area contributed by atoms with E-state index in [1.807, 2.05) is 39.8 Å². The summed E-state index contributed by atoms with van der Waals surface area (Å²) in [6, 6.07) is 10.2. The molecule has 0 aliphatic carbocycles. The van der Waals surface area contributed by atoms with Crippen LogP contribution in [0.3, 0.4) is 0 Å². The molecule has 3 rings (SSSR count). The predicted molar refractivity (Wildman–Crippen MR) is 86.5 cm³/mol. The zero-order valence-corrected chi connectivity index (χ0v) is 12.8. The van der Waals surface area contributed by atoms with Crippen LogP contribution in [0.2, 0.25) is 0 Å². The molecule has 0 saturated carbocycles. The van der Waals surface area contributed by atoms with Crippen LogP contribution in [0.5, 0.6) is 0 Å². The lowest BCUT2D eigenvalue weighted by molar-refractivity contribution is -0.121. The Morgan fingerprint density at radius 1 is 1.17 bits per heavy atom. The first-order chi connectivity index (χ1) is 11.3. The number of nitrogens with one attached hydrogen (secondary N) is 1. The number of hydrogen-bond donors (Lipinski definition) is 1. The van der Waals surface area contributed by atoms with E-state index in [9.17, 15) is 4.79 Å². The predicted octanol–water partition coefficient (Wildman–Crippen LogP) is 1.83. The quantitative estimate of drug-likeness (QED) is 0.724. The summed E-state index contributed by atoms with van der Waals surface area (Å²) in [5, 5.41) is 7.24. The second-order valence-corrected chi connectivity index (χ2v) is 5.36. The van der Waals surface area contributed by atoms with Crippen molar-refractivity contribution in [3.8, 4) is 0 Å². The zero-order chi connectivity index (χ0) is 15.9. The van der Waals surface area contributed by atoms with Gasteiger partial charge in [0.05, 0.1) is 19.1 Å². The van der Waals surface area contributed by atoms with Gasteiger partial charge in [-0.3, -0.25) is 9.48 Å². The third kappa shape index (κ3) is 4.54. The molecule has 2 aromatic heterocycles. The number of benzene rings is 1. The highest BCUT2D eigenvalue weighted by atomic mass is 16.1. The summed E-state index contributed by atoms with van der Waals surface area (Å²) in [7, 11) is 0. The van der Waals surface area contributed by atoms with Crippen molar-refractivity contribution >= 4 is 5.91 Å². The Balaban J connectivity index is 1.44. The third-order valence-electron chi connectivity index (χ3n) is 3.52. The minimum Gasteiger partial charge on any atom is -0.352 e. The molecule has 1 N–H and O–H groups in total. The maximum Gasteiger partial charge on any atom is 0.222 e. The van der Waals surface area contributed by atoms with Crippen molar-refractivity contribution in [1.29, 1.82) is 0 Å². The van der Waals surface area contributed by atoms with Crippen LogP contribution in [-0.2, 0) is 24.4 Å². The highest BCUT2D eigenvalue weighted by Crippen LogP contribution is 2.04. The number of aryl methyl sites for hydroxylation is 1. The van der Waals surface area contributed by atoms with Gasteiger partial charge in [-0.05, 0) is 5.56 Å². The van der Waals surface area contributed by atoms with Crippen molar-refractivity contribution in [2.75, 3.05) is 0 Å². The number of imidazole rings is 1. The number of carbonyl (C=O) groups excluding carboxylic acids is 1. The monoisotopic (exact) mass is 309 g/mol. The van der Waals surface area contributed by atoms with E-state index in [1.165, 1.54) is 5.56 Å². The molecule has 0 aliphatic heterocycles. The number of hydrogen-bond acceptors (Lipinski definition) is 3. The number of nitrogens with zero attached hydrogens (tertiary/aromatic N) is 4. The van der Waals surface area contributed by atoms with E-state index >= 15 is 0 Å². The lowest BCUT2D eigenvalue weighted by atomic mass is 10.2. The van der Waals surface area contributed by atoms with Gasteiger partial charge in [0.25, 0.3) is 0 Å². The maximum absolute atomic E-state index is 11.8. The molecule has 0 spiro atoms. The minimum absolute atomic E-state index is 0.0227. The summed E-state index contributed by atoms with van der Waals surface area (Å²) in [6.07, 6.45) is 9.46. The van der Waals surface area contributed by atoms with Crippen LogP contribution in [0.1, 0.15) is 17.5 Å². The van der Waals surface area contributed by atoms with E-state index in [4.69, 9.17) is 0 Å². The molecular weight excluding hydrogens is 290 g/mol. The van der Waals surface area contributed by atoms with E-state index in [-0.39, 0.29) is 5.91 Å². The number of aromatic nitrogens is 4. The standard InChI is InChI=1S/C17H19N5O/c23-17(6-8-21-9-7-18-14-21)19-10-16-11-20-22(13-16)12-15-4-2-1-3-5-15/h1-5,7,9,11,13-14H,6,8,10,12H2,(H,19,23). The van der Waals surface area contributed by atoms with Crippen LogP contribution in [0.15, 0.2) is 61.4 Å². The molecule has 23 heavy (non-hydrogen) atoms. The average molecular weight is 309 g/mol. The number of rotatable bonds is 7. The first-order valence-electron chi connectivity index (χ1n) is 7.57. The van der Waals surface area contributed by atoms with Crippen LogP contribution in [0.25, 0.3) is 0 Å². The van der Waals surface area contributed by atoms with Crippen LogP contribution in [0, 0.1) is 0 Å². The first kappa shape index (κ1) is 15.0. The third-order valence-corrected chi connectivity index (χ3v) is 3.52. The van der Waals surface area contributed by atoms with Crippen molar-refractivity contribution < 1.29 is 4.79 Å². The molecule has 118 valence electrons. The molecule has 0 atom stereocenters. The largest absolute Gasteiger partial charge is 0.352 e. The van der Waals surface area contributed by atoms with Gasteiger partial charge in [0.2, 0.25) is 5.91 Å². The van der Waals surface area contributed by atoms with E-state index in [0.29, 0.717) is 19.5 Å². The lowest BCUT2D eigenvalue weighted by Gasteiger charge is -2.04. The van der Waals surface area contributed by atoms with Gasteiger partial charge < -0.3 is 9.88 Å². The van der Waals surface area contributed by atoms with Crippen molar-refractivity contribution in [2.45, 2.75) is 26.1 Å². The Morgan fingerprint density at radius 3 is 2.83 bits per heavy atom. The topological polar surface area (TPSA) is 64.7 Å². The molecule has 0 unspecified atom stereocenters. The summed E-state index contributed by atoms with van der Waals surface area (Å²) < 4.78 is 3.76. The molecule has 2 heterocycles. The summed E-state index contributed by atoms with van der Waals surface area (Å²) >= 11 is 0. The van der Waals surface area contributed by atoms with Gasteiger partial charge in [0.1, 0.15) is 0 Å². The second kappa shape index (κ2) is 7.40. The van der Waals surface area contributed by atoms with Crippen LogP contribution < -0.4 is 5.32 Å². The molecule has 0 fully saturated rings. The Labute approximate surface area is 134 Å². The highest BCUT2D eigenvalue weighted by molar-refractivity contribution is 5.75. The Bertz CT molecular complexity index is 733. The fourth-order valence-electron chi connectivity index (χ4n) is 2.29. The van der Waals surface area contributed by atoms with Gasteiger partial charge in [-0.25, -0.2) is 4.98 Å². The summed E-state index contributed by atoms with van der Waals surface area (Å²) in [6.45, 7) is 1.87. The normalized spacial score (nSPS) is 10.6. The summed E-state index contributed by atoms with van der Waals surface area (Å²) in [4.78, 5) is 15.8.